The van der Waals surface area contributed by atoms with Gasteiger partial charge in [0.25, 0.3) is 5.91 Å². The topological polar surface area (TPSA) is 94.9 Å². The monoisotopic (exact) mass is 432 g/mol. The van der Waals surface area contributed by atoms with E-state index in [2.05, 4.69) is 15.2 Å². The Kier molecular flexibility index (Phi) is 5.57. The smallest absolute Gasteiger partial charge is 0.267 e. The molecular formula is C24H21ClN4O2. The zero-order chi connectivity index (χ0) is 22.0. The molecule has 7 heteroatoms. The van der Waals surface area contributed by atoms with Crippen LogP contribution < -0.4 is 5.73 Å². The van der Waals surface area contributed by atoms with Crippen molar-refractivity contribution in [3.05, 3.63) is 88.9 Å². The molecule has 0 saturated heterocycles. The van der Waals surface area contributed by atoms with Crippen molar-refractivity contribution in [2.75, 3.05) is 0 Å². The molecule has 0 fully saturated rings. The number of hydrogen-bond acceptors (Lipinski definition) is 5. The quantitative estimate of drug-likeness (QED) is 0.458. The number of rotatable bonds is 6. The fourth-order valence-corrected chi connectivity index (χ4v) is 3.60. The van der Waals surface area contributed by atoms with Gasteiger partial charge in [-0.1, -0.05) is 61.8 Å². The van der Waals surface area contributed by atoms with Crippen molar-refractivity contribution in [3.63, 3.8) is 0 Å². The maximum Gasteiger partial charge on any atom is 0.267 e. The molecule has 0 aliphatic carbocycles. The van der Waals surface area contributed by atoms with E-state index >= 15 is 0 Å². The third-order valence-electron chi connectivity index (χ3n) is 5.08. The van der Waals surface area contributed by atoms with Crippen LogP contribution in [0.4, 0.5) is 0 Å². The highest BCUT2D eigenvalue weighted by atomic mass is 35.5. The Morgan fingerprint density at radius 2 is 1.68 bits per heavy atom. The molecule has 0 aliphatic heterocycles. The summed E-state index contributed by atoms with van der Waals surface area (Å²) in [5.74, 6) is 0.341. The minimum absolute atomic E-state index is 0.222. The maximum atomic E-state index is 12.2. The predicted octanol–water partition coefficient (Wildman–Crippen LogP) is 5.07. The van der Waals surface area contributed by atoms with Crippen LogP contribution in [0.3, 0.4) is 0 Å². The van der Waals surface area contributed by atoms with Crippen LogP contribution in [0.2, 0.25) is 5.02 Å². The van der Waals surface area contributed by atoms with E-state index in [1.807, 2.05) is 68.4 Å². The summed E-state index contributed by atoms with van der Waals surface area (Å²) in [4.78, 5) is 16.8. The first-order chi connectivity index (χ1) is 14.8. The van der Waals surface area contributed by atoms with E-state index in [0.29, 0.717) is 28.9 Å². The first-order valence-electron chi connectivity index (χ1n) is 9.78. The number of primary amides is 1. The fourth-order valence-electron chi connectivity index (χ4n) is 3.47. The Hall–Kier alpha value is -3.51. The minimum atomic E-state index is -0.589. The fraction of sp³-hybridized carbons (Fsp3) is 0.167. The molecule has 31 heavy (non-hydrogen) atoms. The number of carbonyl (C=O) groups excluding carboxylic acids is 1. The lowest BCUT2D eigenvalue weighted by molar-refractivity contribution is 0.0993. The zero-order valence-electron chi connectivity index (χ0n) is 17.2. The molecule has 2 heterocycles. The summed E-state index contributed by atoms with van der Waals surface area (Å²) in [7, 11) is 0. The Morgan fingerprint density at radius 3 is 2.35 bits per heavy atom. The molecule has 4 rings (SSSR count). The largest absolute Gasteiger partial charge is 0.421 e. The SMILES string of the molecule is CC(C)(Cc1nnc(-c2ccccc2)o1)c1ccc(-c2ccc(Cl)cc2)nc1C(N)=O. The van der Waals surface area contributed by atoms with E-state index in [-0.39, 0.29) is 5.69 Å². The number of nitrogens with zero attached hydrogens (tertiary/aromatic N) is 3. The summed E-state index contributed by atoms with van der Waals surface area (Å²) in [6, 6.07) is 20.6. The Bertz CT molecular complexity index is 1220. The van der Waals surface area contributed by atoms with E-state index in [9.17, 15) is 4.79 Å². The molecule has 0 aliphatic rings. The second-order valence-electron chi connectivity index (χ2n) is 7.89. The standard InChI is InChI=1S/C24H21ClN4O2/c1-24(2,14-20-28-29-23(31-20)16-6-4-3-5-7-16)18-12-13-19(27-21(18)22(26)30)15-8-10-17(25)11-9-15/h3-13H,14H2,1-2H3,(H2,26,30). The molecule has 0 spiro atoms. The first kappa shape index (κ1) is 20.8. The zero-order valence-corrected chi connectivity index (χ0v) is 17.9. The van der Waals surface area contributed by atoms with Crippen LogP contribution >= 0.6 is 11.6 Å². The van der Waals surface area contributed by atoms with Crippen LogP contribution in [0.25, 0.3) is 22.7 Å². The van der Waals surface area contributed by atoms with Crippen molar-refractivity contribution in [2.24, 2.45) is 5.73 Å². The van der Waals surface area contributed by atoms with Gasteiger partial charge in [-0.25, -0.2) is 4.98 Å². The average Bonchev–Trinajstić information content (AvgIpc) is 3.22. The van der Waals surface area contributed by atoms with Crippen molar-refractivity contribution in [3.8, 4) is 22.7 Å². The highest BCUT2D eigenvalue weighted by Gasteiger charge is 2.29. The summed E-state index contributed by atoms with van der Waals surface area (Å²) < 4.78 is 5.86. The number of aromatic nitrogens is 3. The highest BCUT2D eigenvalue weighted by Crippen LogP contribution is 2.32. The third kappa shape index (κ3) is 4.49. The summed E-state index contributed by atoms with van der Waals surface area (Å²) in [6.07, 6.45) is 0.426. The third-order valence-corrected chi connectivity index (χ3v) is 5.33. The van der Waals surface area contributed by atoms with Gasteiger partial charge < -0.3 is 10.2 Å². The molecule has 0 bridgehead atoms. The van der Waals surface area contributed by atoms with Gasteiger partial charge in [-0.15, -0.1) is 10.2 Å². The average molecular weight is 433 g/mol. The second-order valence-corrected chi connectivity index (χ2v) is 8.33. The van der Waals surface area contributed by atoms with Crippen molar-refractivity contribution in [1.29, 1.82) is 0 Å². The van der Waals surface area contributed by atoms with Gasteiger partial charge in [-0.2, -0.15) is 0 Å². The van der Waals surface area contributed by atoms with E-state index in [4.69, 9.17) is 21.8 Å². The van der Waals surface area contributed by atoms with Crippen molar-refractivity contribution < 1.29 is 9.21 Å². The van der Waals surface area contributed by atoms with Crippen LogP contribution in [0.1, 0.15) is 35.8 Å². The molecular weight excluding hydrogens is 412 g/mol. The number of carbonyl (C=O) groups is 1. The number of halogens is 1. The number of nitrogens with two attached hydrogens (primary N) is 1. The van der Waals surface area contributed by atoms with Crippen LogP contribution in [-0.2, 0) is 11.8 Å². The van der Waals surface area contributed by atoms with Gasteiger partial charge >= 0.3 is 0 Å². The van der Waals surface area contributed by atoms with E-state index in [0.717, 1.165) is 16.7 Å². The van der Waals surface area contributed by atoms with Crippen LogP contribution in [0.15, 0.2) is 71.1 Å². The van der Waals surface area contributed by atoms with Gasteiger partial charge in [0.1, 0.15) is 5.69 Å². The normalized spacial score (nSPS) is 11.5. The maximum absolute atomic E-state index is 12.2. The number of amides is 1. The summed E-state index contributed by atoms with van der Waals surface area (Å²) in [5.41, 5.74) is 8.45. The van der Waals surface area contributed by atoms with Gasteiger partial charge in [0.2, 0.25) is 11.8 Å². The Balaban J connectivity index is 1.65. The highest BCUT2D eigenvalue weighted by molar-refractivity contribution is 6.30. The molecule has 0 radical (unpaired) electrons. The molecule has 1 amide bonds. The summed E-state index contributed by atoms with van der Waals surface area (Å²) >= 11 is 5.97. The first-order valence-corrected chi connectivity index (χ1v) is 10.2. The van der Waals surface area contributed by atoms with Crippen molar-refractivity contribution >= 4 is 17.5 Å². The van der Waals surface area contributed by atoms with Gasteiger partial charge in [0.15, 0.2) is 0 Å². The molecule has 2 aromatic carbocycles. The van der Waals surface area contributed by atoms with Crippen molar-refractivity contribution in [1.82, 2.24) is 15.2 Å². The van der Waals surface area contributed by atoms with Crippen molar-refractivity contribution in [2.45, 2.75) is 25.7 Å². The molecule has 4 aromatic rings. The lowest BCUT2D eigenvalue weighted by atomic mass is 9.80. The van der Waals surface area contributed by atoms with E-state index in [1.165, 1.54) is 0 Å². The number of benzene rings is 2. The van der Waals surface area contributed by atoms with Crippen LogP contribution in [0, 0.1) is 0 Å². The minimum Gasteiger partial charge on any atom is -0.421 e. The number of pyridine rings is 1. The molecule has 2 N–H and O–H groups in total. The number of hydrogen-bond donors (Lipinski definition) is 1. The van der Waals surface area contributed by atoms with Crippen LogP contribution in [-0.4, -0.2) is 21.1 Å². The Morgan fingerprint density at radius 1 is 0.968 bits per heavy atom. The molecule has 0 unspecified atom stereocenters. The molecule has 0 saturated carbocycles. The predicted molar refractivity (Wildman–Crippen MR) is 120 cm³/mol. The second kappa shape index (κ2) is 8.32. The lowest BCUT2D eigenvalue weighted by Gasteiger charge is -2.25. The molecule has 0 atom stereocenters. The van der Waals surface area contributed by atoms with Gasteiger partial charge in [-0.3, -0.25) is 4.79 Å². The van der Waals surface area contributed by atoms with Crippen LogP contribution in [0.5, 0.6) is 0 Å². The summed E-state index contributed by atoms with van der Waals surface area (Å²) in [5, 5.41) is 8.96. The summed E-state index contributed by atoms with van der Waals surface area (Å²) in [6.45, 7) is 3.98. The van der Waals surface area contributed by atoms with Gasteiger partial charge in [-0.05, 0) is 35.9 Å². The van der Waals surface area contributed by atoms with Gasteiger partial charge in [0.05, 0.1) is 5.69 Å². The Labute approximate surface area is 185 Å². The van der Waals surface area contributed by atoms with E-state index < -0.39 is 11.3 Å². The molecule has 156 valence electrons. The molecule has 2 aromatic heterocycles. The molecule has 6 nitrogen and oxygen atoms in total. The van der Waals surface area contributed by atoms with Gasteiger partial charge in [0, 0.05) is 28.0 Å². The van der Waals surface area contributed by atoms with E-state index in [1.54, 1.807) is 12.1 Å². The lowest BCUT2D eigenvalue weighted by Crippen LogP contribution is -2.27.